The van der Waals surface area contributed by atoms with E-state index in [2.05, 4.69) is 364 Å². The maximum atomic E-state index is 2.23. The molecule has 0 N–H and O–H groups in total. The summed E-state index contributed by atoms with van der Waals surface area (Å²) in [7, 11) is -1.78. The third kappa shape index (κ3) is 16.4. The van der Waals surface area contributed by atoms with Gasteiger partial charge in [-0.3, -0.25) is 0 Å². The van der Waals surface area contributed by atoms with Crippen molar-refractivity contribution in [1.82, 2.24) is 0 Å². The van der Waals surface area contributed by atoms with Crippen molar-refractivity contribution in [3.63, 3.8) is 0 Å². The predicted molar refractivity (Wildman–Crippen MR) is 341 cm³/mol. The van der Waals surface area contributed by atoms with Gasteiger partial charge in [0.1, 0.15) is 0 Å². The Bertz CT molecular complexity index is 2580. The zero-order chi connectivity index (χ0) is 51.7. The average molecular weight is 1110 g/mol. The van der Waals surface area contributed by atoms with E-state index >= 15 is 0 Å². The molecular formula is C72H60CoP4. The van der Waals surface area contributed by atoms with Gasteiger partial charge in [-0.1, -0.05) is 364 Å². The van der Waals surface area contributed by atoms with Crippen molar-refractivity contribution in [3.8, 4) is 0 Å². The molecule has 12 rings (SSSR count). The van der Waals surface area contributed by atoms with Gasteiger partial charge in [-0.15, -0.1) is 0 Å². The van der Waals surface area contributed by atoms with Crippen molar-refractivity contribution >= 4 is 95.3 Å². The van der Waals surface area contributed by atoms with E-state index < -0.39 is 31.7 Å². The fourth-order valence-electron chi connectivity index (χ4n) is 8.71. The van der Waals surface area contributed by atoms with Crippen molar-refractivity contribution in [1.29, 1.82) is 0 Å². The summed E-state index contributed by atoms with van der Waals surface area (Å²) in [6.07, 6.45) is 0. The van der Waals surface area contributed by atoms with E-state index in [1.165, 1.54) is 63.7 Å². The molecule has 12 aromatic rings. The third-order valence-electron chi connectivity index (χ3n) is 12.2. The fraction of sp³-hybridized carbons (Fsp3) is 0. The minimum atomic E-state index is -0.446. The Morgan fingerprint density at radius 3 is 0.234 bits per heavy atom. The Hall–Kier alpha value is -7.13. The summed E-state index contributed by atoms with van der Waals surface area (Å²) in [5.41, 5.74) is 0. The van der Waals surface area contributed by atoms with Gasteiger partial charge in [0.25, 0.3) is 0 Å². The molecule has 0 aromatic heterocycles. The zero-order valence-corrected chi connectivity index (χ0v) is 47.4. The summed E-state index contributed by atoms with van der Waals surface area (Å²) in [6, 6.07) is 129. The fourth-order valence-corrected chi connectivity index (χ4v) is 17.9. The molecule has 0 spiro atoms. The Balaban J connectivity index is 0.000000135. The van der Waals surface area contributed by atoms with E-state index in [4.69, 9.17) is 0 Å². The minimum absolute atomic E-state index is 0. The van der Waals surface area contributed by atoms with Crippen LogP contribution in [0.2, 0.25) is 0 Å². The molecule has 0 aliphatic carbocycles. The van der Waals surface area contributed by atoms with Crippen molar-refractivity contribution in [2.75, 3.05) is 0 Å². The summed E-state index contributed by atoms with van der Waals surface area (Å²) in [5, 5.41) is 16.8. The maximum Gasteiger partial charge on any atom is 0 e. The van der Waals surface area contributed by atoms with Crippen LogP contribution in [0, 0.1) is 0 Å². The molecule has 1 radical (unpaired) electrons. The SMILES string of the molecule is [Co].c1ccc(P(c2ccccc2)c2ccccc2)cc1.c1ccc(P(c2ccccc2)c2ccccc2)cc1.c1ccc(P(c2ccccc2)c2ccccc2)cc1.c1ccc(P(c2ccccc2)c2ccccc2)cc1. The van der Waals surface area contributed by atoms with Crippen LogP contribution in [-0.4, -0.2) is 0 Å². The summed E-state index contributed by atoms with van der Waals surface area (Å²) in [6.45, 7) is 0. The molecule has 5 heteroatoms. The number of benzene rings is 12. The molecule has 0 unspecified atom stereocenters. The van der Waals surface area contributed by atoms with Crippen molar-refractivity contribution in [2.24, 2.45) is 0 Å². The molecule has 0 nitrogen and oxygen atoms in total. The maximum absolute atomic E-state index is 2.23. The Morgan fingerprint density at radius 2 is 0.169 bits per heavy atom. The summed E-state index contributed by atoms with van der Waals surface area (Å²) in [4.78, 5) is 0. The van der Waals surface area contributed by atoms with Crippen LogP contribution in [-0.2, 0) is 16.8 Å². The standard InChI is InChI=1S/4C18H15P.Co/c4*1-4-10-16(11-5-1)19(17-12-6-2-7-13-17)18-14-8-3-9-15-18;/h4*1-15H;. The van der Waals surface area contributed by atoms with E-state index in [9.17, 15) is 0 Å². The molecule has 377 valence electrons. The molecule has 0 bridgehead atoms. The first-order chi connectivity index (χ1) is 37.8. The van der Waals surface area contributed by atoms with Crippen molar-refractivity contribution in [3.05, 3.63) is 364 Å². The summed E-state index contributed by atoms with van der Waals surface area (Å²) in [5.74, 6) is 0. The van der Waals surface area contributed by atoms with E-state index in [-0.39, 0.29) is 16.8 Å². The smallest absolute Gasteiger partial charge is 0 e. The monoisotopic (exact) mass is 1110 g/mol. The van der Waals surface area contributed by atoms with Gasteiger partial charge in [-0.25, -0.2) is 0 Å². The average Bonchev–Trinajstić information content (AvgIpc) is 3.51. The molecular weight excluding hydrogens is 1050 g/mol. The van der Waals surface area contributed by atoms with E-state index in [1.54, 1.807) is 0 Å². The molecule has 12 aromatic carbocycles. The van der Waals surface area contributed by atoms with Crippen LogP contribution in [0.1, 0.15) is 0 Å². The van der Waals surface area contributed by atoms with E-state index in [0.29, 0.717) is 0 Å². The number of hydrogen-bond donors (Lipinski definition) is 0. The van der Waals surface area contributed by atoms with Gasteiger partial charge in [-0.05, 0) is 95.3 Å². The third-order valence-corrected chi connectivity index (χ3v) is 21.9. The molecule has 0 atom stereocenters. The van der Waals surface area contributed by atoms with Crippen LogP contribution in [0.4, 0.5) is 0 Å². The summed E-state index contributed by atoms with van der Waals surface area (Å²) >= 11 is 0. The van der Waals surface area contributed by atoms with E-state index in [0.717, 1.165) is 0 Å². The second-order valence-corrected chi connectivity index (χ2v) is 26.2. The Morgan fingerprint density at radius 1 is 0.104 bits per heavy atom. The van der Waals surface area contributed by atoms with Crippen LogP contribution in [0.15, 0.2) is 364 Å². The zero-order valence-electron chi connectivity index (χ0n) is 42.8. The molecule has 0 amide bonds. The van der Waals surface area contributed by atoms with Crippen LogP contribution < -0.4 is 63.7 Å². The molecule has 0 heterocycles. The van der Waals surface area contributed by atoms with Crippen LogP contribution in [0.25, 0.3) is 0 Å². The first-order valence-electron chi connectivity index (χ1n) is 25.6. The van der Waals surface area contributed by atoms with Gasteiger partial charge < -0.3 is 0 Å². The van der Waals surface area contributed by atoms with Gasteiger partial charge in [-0.2, -0.15) is 0 Å². The second kappa shape index (κ2) is 31.2. The van der Waals surface area contributed by atoms with Crippen LogP contribution >= 0.6 is 31.7 Å². The number of hydrogen-bond acceptors (Lipinski definition) is 0. The Kier molecular flexibility index (Phi) is 22.7. The summed E-state index contributed by atoms with van der Waals surface area (Å²) < 4.78 is 0. The van der Waals surface area contributed by atoms with Crippen LogP contribution in [0.3, 0.4) is 0 Å². The van der Waals surface area contributed by atoms with Crippen molar-refractivity contribution < 1.29 is 16.8 Å². The first-order valence-corrected chi connectivity index (χ1v) is 31.0. The van der Waals surface area contributed by atoms with Gasteiger partial charge in [0.15, 0.2) is 0 Å². The second-order valence-electron chi connectivity index (χ2n) is 17.4. The Labute approximate surface area is 472 Å². The van der Waals surface area contributed by atoms with Crippen molar-refractivity contribution in [2.45, 2.75) is 0 Å². The molecule has 0 saturated carbocycles. The molecule has 0 aliphatic rings. The topological polar surface area (TPSA) is 0 Å². The molecule has 0 fully saturated rings. The van der Waals surface area contributed by atoms with Crippen LogP contribution in [0.5, 0.6) is 0 Å². The van der Waals surface area contributed by atoms with Gasteiger partial charge in [0.05, 0.1) is 0 Å². The van der Waals surface area contributed by atoms with Gasteiger partial charge in [0, 0.05) is 16.8 Å². The predicted octanol–water partition coefficient (Wildman–Crippen LogP) is 13.8. The molecule has 77 heavy (non-hydrogen) atoms. The quantitative estimate of drug-likeness (QED) is 0.107. The molecule has 0 saturated heterocycles. The minimum Gasteiger partial charge on any atom is -0.0622 e. The van der Waals surface area contributed by atoms with E-state index in [1.807, 2.05) is 0 Å². The molecule has 0 aliphatic heterocycles. The largest absolute Gasteiger partial charge is 0.0622 e. The normalized spacial score (nSPS) is 10.4. The van der Waals surface area contributed by atoms with Gasteiger partial charge >= 0.3 is 0 Å². The first kappa shape index (κ1) is 56.1. The number of rotatable bonds is 12. The van der Waals surface area contributed by atoms with Gasteiger partial charge in [0.2, 0.25) is 0 Å².